The van der Waals surface area contributed by atoms with Crippen molar-refractivity contribution >= 4 is 11.9 Å². The number of carboxylic acid groups (broad SMARTS) is 1. The summed E-state index contributed by atoms with van der Waals surface area (Å²) < 4.78 is 70.6. The van der Waals surface area contributed by atoms with Crippen LogP contribution in [0.2, 0.25) is 0 Å². The molecule has 12 heteroatoms. The van der Waals surface area contributed by atoms with Crippen LogP contribution in [0.1, 0.15) is 74.0 Å². The normalized spacial score (nSPS) is 20.1. The number of aromatic nitrogens is 2. The third-order valence-corrected chi connectivity index (χ3v) is 7.69. The summed E-state index contributed by atoms with van der Waals surface area (Å²) in [7, 11) is 0. The first-order chi connectivity index (χ1) is 18.4. The van der Waals surface area contributed by atoms with Gasteiger partial charge in [-0.15, -0.1) is 0 Å². The number of carbonyl (C=O) groups excluding carboxylic acids is 1. The van der Waals surface area contributed by atoms with Gasteiger partial charge in [0.1, 0.15) is 0 Å². The predicted molar refractivity (Wildman–Crippen MR) is 133 cm³/mol. The number of benzene rings is 1. The predicted octanol–water partition coefficient (Wildman–Crippen LogP) is 5.62. The average molecular weight is 557 g/mol. The monoisotopic (exact) mass is 556 g/mol. The fourth-order valence-corrected chi connectivity index (χ4v) is 5.51. The van der Waals surface area contributed by atoms with Crippen molar-refractivity contribution in [1.29, 1.82) is 0 Å². The Hall–Kier alpha value is -3.02. The zero-order valence-corrected chi connectivity index (χ0v) is 21.7. The third-order valence-electron chi connectivity index (χ3n) is 7.69. The third kappa shape index (κ3) is 6.95. The van der Waals surface area contributed by atoms with E-state index in [-0.39, 0.29) is 42.4 Å². The lowest BCUT2D eigenvalue weighted by atomic mass is 9.97. The number of hydrogen-bond donors (Lipinski definition) is 2. The van der Waals surface area contributed by atoms with E-state index in [0.29, 0.717) is 25.8 Å². The fraction of sp³-hybridized carbons (Fsp3) is 0.593. The van der Waals surface area contributed by atoms with Crippen molar-refractivity contribution in [2.45, 2.75) is 76.1 Å². The molecule has 0 radical (unpaired) electrons. The SMILES string of the molecule is C[C@@H](C(=O)O)[C@H](CCN1CCCC(F)(F)C1)NC(=O)c1cc(-c2ccccc2C(F)(F)F)n(C2CCCC2)n1. The summed E-state index contributed by atoms with van der Waals surface area (Å²) in [6.07, 6.45) is -1.18. The zero-order chi connectivity index (χ0) is 28.4. The van der Waals surface area contributed by atoms with Crippen molar-refractivity contribution in [2.24, 2.45) is 5.92 Å². The molecule has 0 unspecified atom stereocenters. The molecule has 214 valence electrons. The first-order valence-corrected chi connectivity index (χ1v) is 13.3. The van der Waals surface area contributed by atoms with Crippen LogP contribution in [0, 0.1) is 5.92 Å². The minimum atomic E-state index is -4.61. The minimum Gasteiger partial charge on any atom is -0.481 e. The van der Waals surface area contributed by atoms with Crippen LogP contribution in [0.25, 0.3) is 11.3 Å². The van der Waals surface area contributed by atoms with E-state index in [9.17, 15) is 36.6 Å². The van der Waals surface area contributed by atoms with Crippen LogP contribution >= 0.6 is 0 Å². The number of carbonyl (C=O) groups is 2. The number of rotatable bonds is 9. The Bertz CT molecular complexity index is 1180. The standard InChI is InChI=1S/C27H33F5N4O3/c1-17(25(38)39)21(11-14-35-13-6-12-26(28,29)16-35)33-24(37)22-15-23(36(34-22)18-7-2-3-8-18)19-9-4-5-10-20(19)27(30,31)32/h4-5,9-10,15,17-18,21H,2-3,6-8,11-14,16H2,1H3,(H,33,37)(H,38,39)/t17-,21+/m1/s1. The molecule has 2 aliphatic rings. The molecule has 2 N–H and O–H groups in total. The van der Waals surface area contributed by atoms with Crippen LogP contribution in [-0.2, 0) is 11.0 Å². The van der Waals surface area contributed by atoms with Crippen molar-refractivity contribution in [3.63, 3.8) is 0 Å². The summed E-state index contributed by atoms with van der Waals surface area (Å²) in [6, 6.07) is 5.36. The average Bonchev–Trinajstić information content (AvgIpc) is 3.55. The molecule has 1 amide bonds. The van der Waals surface area contributed by atoms with E-state index in [1.807, 2.05) is 0 Å². The second kappa shape index (κ2) is 11.6. The van der Waals surface area contributed by atoms with Crippen molar-refractivity contribution in [3.05, 3.63) is 41.6 Å². The van der Waals surface area contributed by atoms with E-state index in [4.69, 9.17) is 0 Å². The molecule has 7 nitrogen and oxygen atoms in total. The Labute approximate surface area is 223 Å². The number of hydrogen-bond acceptors (Lipinski definition) is 4. The molecule has 0 spiro atoms. The summed E-state index contributed by atoms with van der Waals surface area (Å²) >= 11 is 0. The first-order valence-electron chi connectivity index (χ1n) is 13.3. The maximum Gasteiger partial charge on any atom is 0.417 e. The molecule has 1 saturated heterocycles. The van der Waals surface area contributed by atoms with Crippen molar-refractivity contribution in [2.75, 3.05) is 19.6 Å². The van der Waals surface area contributed by atoms with Gasteiger partial charge in [-0.1, -0.05) is 31.0 Å². The van der Waals surface area contributed by atoms with Gasteiger partial charge in [0.05, 0.1) is 29.8 Å². The van der Waals surface area contributed by atoms with Gasteiger partial charge in [-0.05, 0) is 51.3 Å². The lowest BCUT2D eigenvalue weighted by Gasteiger charge is -2.33. The topological polar surface area (TPSA) is 87.5 Å². The van der Waals surface area contributed by atoms with Gasteiger partial charge >= 0.3 is 12.1 Å². The highest BCUT2D eigenvalue weighted by molar-refractivity contribution is 5.94. The molecule has 2 atom stereocenters. The molecule has 1 aromatic carbocycles. The Balaban J connectivity index is 1.60. The minimum absolute atomic E-state index is 0.0927. The van der Waals surface area contributed by atoms with Gasteiger partial charge in [0.25, 0.3) is 11.8 Å². The van der Waals surface area contributed by atoms with Crippen molar-refractivity contribution < 1.29 is 36.6 Å². The van der Waals surface area contributed by atoms with E-state index >= 15 is 0 Å². The molecule has 39 heavy (non-hydrogen) atoms. The van der Waals surface area contributed by atoms with Gasteiger partial charge < -0.3 is 10.4 Å². The summed E-state index contributed by atoms with van der Waals surface area (Å²) in [5.74, 6) is -5.73. The number of halogens is 5. The van der Waals surface area contributed by atoms with Gasteiger partial charge in [-0.2, -0.15) is 18.3 Å². The van der Waals surface area contributed by atoms with Crippen LogP contribution in [0.5, 0.6) is 0 Å². The van der Waals surface area contributed by atoms with Gasteiger partial charge in [0.2, 0.25) is 0 Å². The molecular weight excluding hydrogens is 523 g/mol. The van der Waals surface area contributed by atoms with E-state index in [1.165, 1.54) is 35.9 Å². The number of aliphatic carboxylic acids is 1. The highest BCUT2D eigenvalue weighted by Gasteiger charge is 2.37. The molecule has 2 fully saturated rings. The Kier molecular flexibility index (Phi) is 8.63. The van der Waals surface area contributed by atoms with Crippen LogP contribution in [0.15, 0.2) is 30.3 Å². The van der Waals surface area contributed by atoms with Gasteiger partial charge in [0, 0.05) is 24.6 Å². The largest absolute Gasteiger partial charge is 0.481 e. The lowest BCUT2D eigenvalue weighted by molar-refractivity contribution is -0.142. The fourth-order valence-electron chi connectivity index (χ4n) is 5.51. The summed E-state index contributed by atoms with van der Waals surface area (Å²) in [4.78, 5) is 26.6. The van der Waals surface area contributed by atoms with Crippen LogP contribution in [0.3, 0.4) is 0 Å². The van der Waals surface area contributed by atoms with E-state index in [1.54, 1.807) is 4.90 Å². The number of likely N-dealkylation sites (tertiary alicyclic amines) is 1. The highest BCUT2D eigenvalue weighted by Crippen LogP contribution is 2.40. The number of amides is 1. The Morgan fingerprint density at radius 2 is 1.87 bits per heavy atom. The first kappa shape index (κ1) is 29.0. The molecule has 0 bridgehead atoms. The molecule has 2 aromatic rings. The maximum atomic E-state index is 13.8. The lowest BCUT2D eigenvalue weighted by Crippen LogP contribution is -2.47. The second-order valence-electron chi connectivity index (χ2n) is 10.6. The number of nitrogens with zero attached hydrogens (tertiary/aromatic N) is 3. The summed E-state index contributed by atoms with van der Waals surface area (Å²) in [5, 5.41) is 16.7. The molecule has 4 rings (SSSR count). The number of alkyl halides is 5. The number of carboxylic acids is 1. The van der Waals surface area contributed by atoms with Gasteiger partial charge in [-0.3, -0.25) is 19.2 Å². The van der Waals surface area contributed by atoms with Crippen LogP contribution in [0.4, 0.5) is 22.0 Å². The maximum absolute atomic E-state index is 13.8. The highest BCUT2D eigenvalue weighted by atomic mass is 19.4. The Morgan fingerprint density at radius 1 is 1.18 bits per heavy atom. The number of piperidine rings is 1. The Morgan fingerprint density at radius 3 is 2.51 bits per heavy atom. The summed E-state index contributed by atoms with van der Waals surface area (Å²) in [5.41, 5.74) is -0.893. The van der Waals surface area contributed by atoms with Gasteiger partial charge in [-0.25, -0.2) is 8.78 Å². The van der Waals surface area contributed by atoms with Crippen LogP contribution < -0.4 is 5.32 Å². The van der Waals surface area contributed by atoms with Crippen molar-refractivity contribution in [3.8, 4) is 11.3 Å². The number of nitrogens with one attached hydrogen (secondary N) is 1. The molecule has 1 aliphatic carbocycles. The smallest absolute Gasteiger partial charge is 0.417 e. The zero-order valence-electron chi connectivity index (χ0n) is 21.7. The second-order valence-corrected chi connectivity index (χ2v) is 10.6. The molecule has 1 aliphatic heterocycles. The van der Waals surface area contributed by atoms with Gasteiger partial charge in [0.15, 0.2) is 5.69 Å². The summed E-state index contributed by atoms with van der Waals surface area (Å²) in [6.45, 7) is 1.60. The van der Waals surface area contributed by atoms with E-state index < -0.39 is 48.0 Å². The molecular formula is C27H33F5N4O3. The molecule has 1 aromatic heterocycles. The van der Waals surface area contributed by atoms with Crippen molar-refractivity contribution in [1.82, 2.24) is 20.0 Å². The quantitative estimate of drug-likeness (QED) is 0.392. The van der Waals surface area contributed by atoms with E-state index in [2.05, 4.69) is 10.4 Å². The van der Waals surface area contributed by atoms with Crippen LogP contribution in [-0.4, -0.2) is 63.3 Å². The molecule has 1 saturated carbocycles. The van der Waals surface area contributed by atoms with E-state index in [0.717, 1.165) is 18.9 Å². The molecule has 2 heterocycles.